The summed E-state index contributed by atoms with van der Waals surface area (Å²) in [6, 6.07) is 26.5. The van der Waals surface area contributed by atoms with Crippen molar-refractivity contribution in [2.45, 2.75) is 66.5 Å². The van der Waals surface area contributed by atoms with Crippen molar-refractivity contribution in [3.05, 3.63) is 131 Å². The normalized spacial score (nSPS) is 11.9. The highest BCUT2D eigenvalue weighted by Gasteiger charge is 2.38. The summed E-state index contributed by atoms with van der Waals surface area (Å²) in [4.78, 5) is 0. The molecule has 0 N–H and O–H groups in total. The standard InChI is InChI=1S/C44H46Si2/c1-29(2)45(30(3)4,31(5)6)23-21-39-41-25-35-17-13-15-19-37(35)27-43(41)40(22-24-46(32(7)8,33(9)10)34(11)12)44-28-38-20-16-14-18-36(38)26-42(39)44/h13-20,25-28,31,34H,1,3,7,9H2,2,4-6,8,10-12H3. The van der Waals surface area contributed by atoms with Crippen molar-refractivity contribution >= 4 is 59.2 Å². The SMILES string of the molecule is C=C(C)[Si](C#Cc1c2cc3ccccc3cc2c(C#C[Si](C(=C)C)(C(=C)C)C(C)C)c2cc3ccccc3cc12)(C(=C)C)C(C)C. The zero-order valence-electron chi connectivity index (χ0n) is 28.9. The number of benzene rings is 5. The molecule has 0 unspecified atom stereocenters. The molecule has 0 spiro atoms. The van der Waals surface area contributed by atoms with Crippen molar-refractivity contribution < 1.29 is 0 Å². The first-order chi connectivity index (χ1) is 21.7. The number of allylic oxidation sites excluding steroid dienone is 4. The van der Waals surface area contributed by atoms with Crippen molar-refractivity contribution in [1.82, 2.24) is 0 Å². The van der Waals surface area contributed by atoms with Gasteiger partial charge in [-0.25, -0.2) is 0 Å². The lowest BCUT2D eigenvalue weighted by atomic mass is 9.89. The molecule has 0 aliphatic rings. The Balaban J connectivity index is 2.05. The van der Waals surface area contributed by atoms with Gasteiger partial charge in [0.25, 0.3) is 0 Å². The summed E-state index contributed by atoms with van der Waals surface area (Å²) >= 11 is 0. The van der Waals surface area contributed by atoms with Gasteiger partial charge in [-0.1, -0.05) is 109 Å². The van der Waals surface area contributed by atoms with Gasteiger partial charge in [0.2, 0.25) is 0 Å². The summed E-state index contributed by atoms with van der Waals surface area (Å²) in [5.41, 5.74) is 10.6. The van der Waals surface area contributed by atoms with Gasteiger partial charge in [-0.2, -0.15) is 0 Å². The van der Waals surface area contributed by atoms with E-state index in [0.29, 0.717) is 11.1 Å². The Morgan fingerprint density at radius 2 is 0.717 bits per heavy atom. The van der Waals surface area contributed by atoms with Crippen LogP contribution < -0.4 is 0 Å². The quantitative estimate of drug-likeness (QED) is 0.0994. The lowest BCUT2D eigenvalue weighted by Crippen LogP contribution is -2.40. The minimum Gasteiger partial charge on any atom is -0.115 e. The van der Waals surface area contributed by atoms with E-state index in [4.69, 9.17) is 0 Å². The molecule has 0 saturated heterocycles. The van der Waals surface area contributed by atoms with Crippen LogP contribution in [0.15, 0.2) is 120 Å². The fraction of sp³-hybridized carbons (Fsp3) is 0.227. The minimum absolute atomic E-state index is 0.359. The first-order valence-corrected chi connectivity index (χ1v) is 20.4. The Kier molecular flexibility index (Phi) is 8.94. The van der Waals surface area contributed by atoms with Crippen LogP contribution in [0.25, 0.3) is 43.1 Å². The van der Waals surface area contributed by atoms with Gasteiger partial charge in [0, 0.05) is 11.1 Å². The summed E-state index contributed by atoms with van der Waals surface area (Å²) in [5.74, 6) is 7.64. The lowest BCUT2D eigenvalue weighted by molar-refractivity contribution is 1.02. The van der Waals surface area contributed by atoms with Crippen molar-refractivity contribution in [3.8, 4) is 22.9 Å². The summed E-state index contributed by atoms with van der Waals surface area (Å²) in [7, 11) is -4.75. The average Bonchev–Trinajstić information content (AvgIpc) is 2.99. The van der Waals surface area contributed by atoms with Crippen LogP contribution in [0.3, 0.4) is 0 Å². The van der Waals surface area contributed by atoms with Crippen LogP contribution in [-0.4, -0.2) is 16.1 Å². The van der Waals surface area contributed by atoms with Gasteiger partial charge in [0.05, 0.1) is 0 Å². The largest absolute Gasteiger partial charge is 0.192 e. The molecule has 5 aromatic rings. The Bertz CT molecular complexity index is 1950. The minimum atomic E-state index is -2.38. The molecule has 0 aliphatic carbocycles. The van der Waals surface area contributed by atoms with Crippen molar-refractivity contribution in [1.29, 1.82) is 0 Å². The smallest absolute Gasteiger partial charge is 0.115 e. The van der Waals surface area contributed by atoms with Crippen molar-refractivity contribution in [2.24, 2.45) is 0 Å². The predicted octanol–water partition coefficient (Wildman–Crippen LogP) is 12.3. The number of hydrogen-bond acceptors (Lipinski definition) is 0. The molecule has 0 nitrogen and oxygen atoms in total. The fourth-order valence-corrected chi connectivity index (χ4v) is 15.1. The number of hydrogen-bond donors (Lipinski definition) is 0. The maximum Gasteiger partial charge on any atom is 0.192 e. The molecule has 0 saturated carbocycles. The van der Waals surface area contributed by atoms with Gasteiger partial charge in [-0.15, -0.1) is 37.4 Å². The summed E-state index contributed by atoms with van der Waals surface area (Å²) < 4.78 is 0. The molecule has 0 amide bonds. The average molecular weight is 631 g/mol. The fourth-order valence-electron chi connectivity index (χ4n) is 7.60. The molecule has 0 radical (unpaired) electrons. The van der Waals surface area contributed by atoms with E-state index >= 15 is 0 Å². The van der Waals surface area contributed by atoms with Crippen molar-refractivity contribution in [2.75, 3.05) is 0 Å². The molecule has 5 rings (SSSR count). The van der Waals surface area contributed by atoms with Gasteiger partial charge < -0.3 is 0 Å². The molecule has 0 bridgehead atoms. The van der Waals surface area contributed by atoms with Crippen LogP contribution in [-0.2, 0) is 0 Å². The molecule has 230 valence electrons. The highest BCUT2D eigenvalue weighted by atomic mass is 28.3. The first kappa shape index (κ1) is 33.0. The number of rotatable bonds is 6. The Morgan fingerprint density at radius 1 is 0.478 bits per heavy atom. The molecule has 0 fully saturated rings. The van der Waals surface area contributed by atoms with E-state index in [1.54, 1.807) is 0 Å². The van der Waals surface area contributed by atoms with Crippen LogP contribution in [0.1, 0.15) is 66.5 Å². The topological polar surface area (TPSA) is 0 Å². The van der Waals surface area contributed by atoms with Gasteiger partial charge in [0.1, 0.15) is 0 Å². The second kappa shape index (κ2) is 12.5. The molecular formula is C44H46Si2. The molecule has 0 atom stereocenters. The van der Waals surface area contributed by atoms with Crippen LogP contribution in [0.4, 0.5) is 0 Å². The maximum absolute atomic E-state index is 4.46. The summed E-state index contributed by atoms with van der Waals surface area (Å²) in [6.45, 7) is 35.5. The third-order valence-electron chi connectivity index (χ3n) is 10.0. The van der Waals surface area contributed by atoms with Crippen LogP contribution in [0.2, 0.25) is 11.1 Å². The van der Waals surface area contributed by atoms with Gasteiger partial charge >= 0.3 is 0 Å². The van der Waals surface area contributed by atoms with E-state index in [0.717, 1.165) is 53.5 Å². The zero-order chi connectivity index (χ0) is 33.6. The maximum atomic E-state index is 4.46. The Hall–Kier alpha value is -4.35. The van der Waals surface area contributed by atoms with E-state index in [1.165, 1.54) is 21.5 Å². The third-order valence-corrected chi connectivity index (χ3v) is 19.9. The van der Waals surface area contributed by atoms with E-state index in [2.05, 4.69) is 177 Å². The predicted molar refractivity (Wildman–Crippen MR) is 211 cm³/mol. The highest BCUT2D eigenvalue weighted by molar-refractivity contribution is 7.00. The Morgan fingerprint density at radius 3 is 0.913 bits per heavy atom. The first-order valence-electron chi connectivity index (χ1n) is 16.3. The van der Waals surface area contributed by atoms with Crippen LogP contribution in [0.5, 0.6) is 0 Å². The second-order valence-electron chi connectivity index (χ2n) is 13.8. The Labute approximate surface area is 278 Å². The number of fused-ring (bicyclic) bond motifs is 4. The van der Waals surface area contributed by atoms with E-state index in [9.17, 15) is 0 Å². The van der Waals surface area contributed by atoms with Gasteiger partial charge in [0.15, 0.2) is 16.1 Å². The molecule has 2 heteroatoms. The molecule has 0 aromatic heterocycles. The molecule has 0 heterocycles. The third kappa shape index (κ3) is 5.31. The molecule has 5 aromatic carbocycles. The van der Waals surface area contributed by atoms with Gasteiger partial charge in [-0.05, 0) is 106 Å². The monoisotopic (exact) mass is 630 g/mol. The highest BCUT2D eigenvalue weighted by Crippen LogP contribution is 2.39. The van der Waals surface area contributed by atoms with Gasteiger partial charge in [-0.3, -0.25) is 0 Å². The molecule has 46 heavy (non-hydrogen) atoms. The molecule has 0 aliphatic heterocycles. The van der Waals surface area contributed by atoms with E-state index in [-0.39, 0.29) is 0 Å². The van der Waals surface area contributed by atoms with E-state index < -0.39 is 16.1 Å². The second-order valence-corrected chi connectivity index (χ2v) is 23.2. The van der Waals surface area contributed by atoms with Crippen LogP contribution >= 0.6 is 0 Å². The van der Waals surface area contributed by atoms with E-state index in [1.807, 2.05) is 0 Å². The molecular weight excluding hydrogens is 585 g/mol. The summed E-state index contributed by atoms with van der Waals surface area (Å²) in [5, 5.41) is 13.9. The lowest BCUT2D eigenvalue weighted by Gasteiger charge is -2.31. The summed E-state index contributed by atoms with van der Waals surface area (Å²) in [6.07, 6.45) is 0. The van der Waals surface area contributed by atoms with Crippen LogP contribution in [0, 0.1) is 22.9 Å². The van der Waals surface area contributed by atoms with Crippen molar-refractivity contribution in [3.63, 3.8) is 0 Å². The zero-order valence-corrected chi connectivity index (χ0v) is 30.9.